The second kappa shape index (κ2) is 11.3. The van der Waals surface area contributed by atoms with Crippen molar-refractivity contribution in [2.75, 3.05) is 65.7 Å². The molecule has 10 nitrogen and oxygen atoms in total. The lowest BCUT2D eigenvalue weighted by molar-refractivity contribution is -0.140. The summed E-state index contributed by atoms with van der Waals surface area (Å²) in [6.07, 6.45) is 0. The monoisotopic (exact) mass is 541 g/mol. The van der Waals surface area contributed by atoms with Gasteiger partial charge in [0.1, 0.15) is 5.76 Å². The molecule has 0 aliphatic carbocycles. The van der Waals surface area contributed by atoms with Crippen molar-refractivity contribution in [3.63, 3.8) is 0 Å². The van der Waals surface area contributed by atoms with Gasteiger partial charge in [0.15, 0.2) is 0 Å². The van der Waals surface area contributed by atoms with E-state index >= 15 is 0 Å². The molecule has 5 rings (SSSR count). The van der Waals surface area contributed by atoms with E-state index in [-0.39, 0.29) is 34.9 Å². The average Bonchev–Trinajstić information content (AvgIpc) is 3.22. The number of sulfonamides is 1. The van der Waals surface area contributed by atoms with Crippen molar-refractivity contribution in [2.45, 2.75) is 10.9 Å². The van der Waals surface area contributed by atoms with Crippen LogP contribution in [-0.2, 0) is 29.1 Å². The van der Waals surface area contributed by atoms with Crippen LogP contribution >= 0.6 is 0 Å². The first-order valence-electron chi connectivity index (χ1n) is 12.7. The molecule has 1 amide bonds. The number of aliphatic hydroxyl groups is 1. The Hall–Kier alpha value is -3.09. The number of benzene rings is 2. The van der Waals surface area contributed by atoms with Crippen LogP contribution in [0.25, 0.3) is 5.76 Å². The van der Waals surface area contributed by atoms with Crippen molar-refractivity contribution in [3.8, 4) is 0 Å². The van der Waals surface area contributed by atoms with Gasteiger partial charge in [-0.25, -0.2) is 8.42 Å². The van der Waals surface area contributed by atoms with Crippen LogP contribution in [0.15, 0.2) is 65.1 Å². The number of Topliss-reactive ketones (excluding diaryl/α,β-unsaturated/α-hetero) is 1. The van der Waals surface area contributed by atoms with Crippen molar-refractivity contribution in [1.29, 1.82) is 0 Å². The summed E-state index contributed by atoms with van der Waals surface area (Å²) in [4.78, 5) is 30.2. The van der Waals surface area contributed by atoms with E-state index in [4.69, 9.17) is 9.47 Å². The van der Waals surface area contributed by atoms with Gasteiger partial charge in [-0.1, -0.05) is 30.3 Å². The van der Waals surface area contributed by atoms with Crippen LogP contribution in [-0.4, -0.2) is 105 Å². The van der Waals surface area contributed by atoms with Crippen molar-refractivity contribution < 1.29 is 32.6 Å². The molecule has 0 radical (unpaired) electrons. The highest BCUT2D eigenvalue weighted by molar-refractivity contribution is 7.89. The summed E-state index contributed by atoms with van der Waals surface area (Å²) < 4.78 is 38.0. The standard InChI is InChI=1S/C27H31N3O7S/c31-25(21-6-8-22(9-7-21)38(34,35)29-14-18-37-19-15-29)23-24(20-4-2-1-3-5-20)30(27(33)26(23)32)11-10-28-12-16-36-17-13-28/h1-9,24,31H,10-19H2. The lowest BCUT2D eigenvalue weighted by atomic mass is 9.95. The van der Waals surface area contributed by atoms with Gasteiger partial charge in [0.05, 0.1) is 42.9 Å². The number of hydrogen-bond donors (Lipinski definition) is 1. The number of nitrogens with zero attached hydrogens (tertiary/aromatic N) is 3. The topological polar surface area (TPSA) is 117 Å². The highest BCUT2D eigenvalue weighted by atomic mass is 32.2. The molecule has 1 atom stereocenters. The van der Waals surface area contributed by atoms with Crippen molar-refractivity contribution in [1.82, 2.24) is 14.1 Å². The fourth-order valence-corrected chi connectivity index (χ4v) is 6.45. The maximum atomic E-state index is 13.2. The first-order chi connectivity index (χ1) is 18.4. The van der Waals surface area contributed by atoms with Gasteiger partial charge in [-0.05, 0) is 29.8 Å². The highest BCUT2D eigenvalue weighted by Crippen LogP contribution is 2.39. The minimum Gasteiger partial charge on any atom is -0.507 e. The van der Waals surface area contributed by atoms with Crippen LogP contribution in [0.3, 0.4) is 0 Å². The molecule has 3 aliphatic heterocycles. The van der Waals surface area contributed by atoms with Gasteiger partial charge >= 0.3 is 0 Å². The number of likely N-dealkylation sites (tertiary alicyclic amines) is 1. The Kier molecular flexibility index (Phi) is 7.91. The predicted octanol–water partition coefficient (Wildman–Crippen LogP) is 1.46. The van der Waals surface area contributed by atoms with E-state index in [0.717, 1.165) is 13.1 Å². The summed E-state index contributed by atoms with van der Waals surface area (Å²) in [5, 5.41) is 11.3. The Morgan fingerprint density at radius 1 is 0.842 bits per heavy atom. The first-order valence-corrected chi connectivity index (χ1v) is 14.1. The molecular weight excluding hydrogens is 510 g/mol. The average molecular weight is 542 g/mol. The van der Waals surface area contributed by atoms with Gasteiger partial charge in [-0.3, -0.25) is 14.5 Å². The summed E-state index contributed by atoms with van der Waals surface area (Å²) >= 11 is 0. The first kappa shape index (κ1) is 26.5. The molecule has 0 bridgehead atoms. The third-order valence-corrected chi connectivity index (χ3v) is 9.06. The van der Waals surface area contributed by atoms with E-state index < -0.39 is 27.8 Å². The molecular formula is C27H31N3O7S. The zero-order valence-corrected chi connectivity index (χ0v) is 21.8. The predicted molar refractivity (Wildman–Crippen MR) is 139 cm³/mol. The zero-order chi connectivity index (χ0) is 26.7. The number of amides is 1. The third kappa shape index (κ3) is 5.25. The smallest absolute Gasteiger partial charge is 0.295 e. The number of ether oxygens (including phenoxy) is 2. The summed E-state index contributed by atoms with van der Waals surface area (Å²) in [6, 6.07) is 14.1. The fraction of sp³-hybridized carbons (Fsp3) is 0.407. The number of carbonyl (C=O) groups is 2. The van der Waals surface area contributed by atoms with Crippen molar-refractivity contribution >= 4 is 27.5 Å². The summed E-state index contributed by atoms with van der Waals surface area (Å²) in [5.74, 6) is -1.76. The molecule has 0 saturated carbocycles. The molecule has 1 unspecified atom stereocenters. The SMILES string of the molecule is O=C1C(=O)N(CCN2CCOCC2)C(c2ccccc2)C1=C(O)c1ccc(S(=O)(=O)N2CCOCC2)cc1. The van der Waals surface area contributed by atoms with Gasteiger partial charge in [-0.15, -0.1) is 0 Å². The normalized spacial score (nSPS) is 23.2. The third-order valence-electron chi connectivity index (χ3n) is 7.15. The van der Waals surface area contributed by atoms with Crippen LogP contribution in [0, 0.1) is 0 Å². The number of carbonyl (C=O) groups excluding carboxylic acids is 2. The van der Waals surface area contributed by atoms with Crippen LogP contribution in [0.4, 0.5) is 0 Å². The van der Waals surface area contributed by atoms with Crippen LogP contribution in [0.5, 0.6) is 0 Å². The highest BCUT2D eigenvalue weighted by Gasteiger charge is 2.46. The minimum atomic E-state index is -3.71. The summed E-state index contributed by atoms with van der Waals surface area (Å²) in [7, 11) is -3.71. The number of morpholine rings is 2. The molecule has 38 heavy (non-hydrogen) atoms. The molecule has 2 aromatic rings. The van der Waals surface area contributed by atoms with Gasteiger partial charge in [0, 0.05) is 44.8 Å². The molecule has 3 fully saturated rings. The van der Waals surface area contributed by atoms with E-state index in [1.807, 2.05) is 30.3 Å². The molecule has 202 valence electrons. The molecule has 3 saturated heterocycles. The van der Waals surface area contributed by atoms with E-state index in [9.17, 15) is 23.1 Å². The number of hydrogen-bond acceptors (Lipinski definition) is 8. The second-order valence-electron chi connectivity index (χ2n) is 9.40. The van der Waals surface area contributed by atoms with Crippen LogP contribution < -0.4 is 0 Å². The van der Waals surface area contributed by atoms with Crippen LogP contribution in [0.1, 0.15) is 17.2 Å². The van der Waals surface area contributed by atoms with E-state index in [0.29, 0.717) is 45.1 Å². The molecule has 3 heterocycles. The molecule has 0 spiro atoms. The van der Waals surface area contributed by atoms with E-state index in [1.165, 1.54) is 33.5 Å². The Labute approximate surface area is 222 Å². The van der Waals surface area contributed by atoms with Gasteiger partial charge in [0.2, 0.25) is 10.0 Å². The second-order valence-corrected chi connectivity index (χ2v) is 11.3. The maximum absolute atomic E-state index is 13.2. The van der Waals surface area contributed by atoms with Gasteiger partial charge < -0.3 is 19.5 Å². The maximum Gasteiger partial charge on any atom is 0.295 e. The largest absolute Gasteiger partial charge is 0.507 e. The number of rotatable bonds is 7. The molecule has 0 aromatic heterocycles. The molecule has 11 heteroatoms. The molecule has 1 N–H and O–H groups in total. The number of ketones is 1. The Morgan fingerprint density at radius 3 is 2.08 bits per heavy atom. The van der Waals surface area contributed by atoms with Gasteiger partial charge in [-0.2, -0.15) is 4.31 Å². The fourth-order valence-electron chi connectivity index (χ4n) is 5.04. The van der Waals surface area contributed by atoms with Gasteiger partial charge in [0.25, 0.3) is 11.7 Å². The zero-order valence-electron chi connectivity index (χ0n) is 21.0. The Bertz CT molecular complexity index is 1300. The summed E-state index contributed by atoms with van der Waals surface area (Å²) in [5.41, 5.74) is 0.965. The molecule has 3 aliphatic rings. The Balaban J connectivity index is 1.46. The quantitative estimate of drug-likeness (QED) is 0.318. The number of aliphatic hydroxyl groups excluding tert-OH is 1. The van der Waals surface area contributed by atoms with E-state index in [2.05, 4.69) is 4.90 Å². The lowest BCUT2D eigenvalue weighted by Crippen LogP contribution is -2.42. The Morgan fingerprint density at radius 2 is 1.45 bits per heavy atom. The van der Waals surface area contributed by atoms with Crippen molar-refractivity contribution in [2.24, 2.45) is 0 Å². The lowest BCUT2D eigenvalue weighted by Gasteiger charge is -2.31. The summed E-state index contributed by atoms with van der Waals surface area (Å²) in [6.45, 7) is 4.86. The minimum absolute atomic E-state index is 0.00744. The van der Waals surface area contributed by atoms with Crippen molar-refractivity contribution in [3.05, 3.63) is 71.3 Å². The van der Waals surface area contributed by atoms with Crippen LogP contribution in [0.2, 0.25) is 0 Å². The van der Waals surface area contributed by atoms with E-state index in [1.54, 1.807) is 0 Å². The molecule has 2 aromatic carbocycles.